The van der Waals surface area contributed by atoms with Crippen LogP contribution in [0.5, 0.6) is 5.75 Å². The van der Waals surface area contributed by atoms with Crippen molar-refractivity contribution in [3.8, 4) is 5.75 Å². The predicted octanol–water partition coefficient (Wildman–Crippen LogP) is 3.38. The number of likely N-dealkylation sites (N-methyl/N-ethyl adjacent to an activating group) is 1. The lowest BCUT2D eigenvalue weighted by molar-refractivity contribution is -0.274. The second kappa shape index (κ2) is 14.9. The number of likely N-dealkylation sites (tertiary alicyclic amines) is 1. The van der Waals surface area contributed by atoms with Crippen molar-refractivity contribution in [2.75, 3.05) is 32.5 Å². The van der Waals surface area contributed by atoms with Gasteiger partial charge in [0.25, 0.3) is 0 Å². The normalized spacial score (nSPS) is 19.6. The molecule has 2 unspecified atom stereocenters. The molecule has 2 aliphatic heterocycles. The first-order chi connectivity index (χ1) is 21.0. The van der Waals surface area contributed by atoms with Gasteiger partial charge in [-0.3, -0.25) is 24.5 Å². The van der Waals surface area contributed by atoms with Crippen molar-refractivity contribution in [1.29, 1.82) is 0 Å². The lowest BCUT2D eigenvalue weighted by atomic mass is 9.98. The Morgan fingerprint density at radius 1 is 1.25 bits per heavy atom. The van der Waals surface area contributed by atoms with E-state index < -0.39 is 6.36 Å². The molecule has 2 amide bonds. The van der Waals surface area contributed by atoms with E-state index in [-0.39, 0.29) is 48.9 Å². The molecule has 12 nitrogen and oxygen atoms in total. The van der Waals surface area contributed by atoms with Gasteiger partial charge in [0.1, 0.15) is 16.9 Å². The fourth-order valence-corrected chi connectivity index (χ4v) is 5.80. The molecule has 2 aromatic rings. The Kier molecular flexibility index (Phi) is 11.1. The second-order valence-electron chi connectivity index (χ2n) is 10.2. The second-order valence-corrected chi connectivity index (χ2v) is 11.2. The number of aromatic nitrogens is 2. The van der Waals surface area contributed by atoms with Crippen LogP contribution >= 0.6 is 11.3 Å². The molecule has 1 aromatic heterocycles. The van der Waals surface area contributed by atoms with Crippen LogP contribution in [0, 0.1) is 0 Å². The summed E-state index contributed by atoms with van der Waals surface area (Å²) in [5.74, 6) is -0.389. The van der Waals surface area contributed by atoms with Crippen molar-refractivity contribution in [3.05, 3.63) is 58.8 Å². The van der Waals surface area contributed by atoms with E-state index in [9.17, 15) is 22.8 Å². The highest BCUT2D eigenvalue weighted by Crippen LogP contribution is 2.32. The first-order valence-corrected chi connectivity index (χ1v) is 14.7. The first kappa shape index (κ1) is 32.6. The topological polar surface area (TPSA) is 150 Å². The van der Waals surface area contributed by atoms with Crippen LogP contribution in [-0.4, -0.2) is 83.7 Å². The van der Waals surface area contributed by atoms with E-state index in [4.69, 9.17) is 5.73 Å². The summed E-state index contributed by atoms with van der Waals surface area (Å²) in [7, 11) is 3.43. The molecule has 2 atom stereocenters. The number of benzene rings is 1. The maximum absolute atomic E-state index is 12.5. The number of anilines is 1. The molecule has 1 fully saturated rings. The zero-order valence-corrected chi connectivity index (χ0v) is 25.1. The number of halogens is 3. The number of carbonyl (C=O) groups is 2. The smallest absolute Gasteiger partial charge is 0.406 e. The minimum absolute atomic E-state index is 0.0610. The van der Waals surface area contributed by atoms with Crippen molar-refractivity contribution in [3.63, 3.8) is 0 Å². The molecule has 16 heteroatoms. The number of ether oxygens (including phenoxy) is 1. The monoisotopic (exact) mass is 633 g/mol. The zero-order valence-electron chi connectivity index (χ0n) is 24.3. The Labute approximate surface area is 256 Å². The largest absolute Gasteiger partial charge is 0.573 e. The van der Waals surface area contributed by atoms with E-state index in [1.165, 1.54) is 42.0 Å². The third kappa shape index (κ3) is 9.60. The van der Waals surface area contributed by atoms with Crippen LogP contribution in [0.3, 0.4) is 0 Å². The number of aryl methyl sites for hydroxylation is 1. The van der Waals surface area contributed by atoms with Gasteiger partial charge in [0.15, 0.2) is 5.84 Å². The Hall–Kier alpha value is -4.31. The molecule has 0 spiro atoms. The Bertz CT molecular complexity index is 1440. The van der Waals surface area contributed by atoms with Gasteiger partial charge in [-0.1, -0.05) is 23.5 Å². The maximum Gasteiger partial charge on any atom is 0.573 e. The van der Waals surface area contributed by atoms with Crippen LogP contribution in [0.4, 0.5) is 18.3 Å². The molecular weight excluding hydrogens is 599 g/mol. The van der Waals surface area contributed by atoms with Crippen molar-refractivity contribution < 1.29 is 27.5 Å². The maximum atomic E-state index is 12.5. The number of amides is 2. The highest BCUT2D eigenvalue weighted by Gasteiger charge is 2.32. The van der Waals surface area contributed by atoms with E-state index in [1.807, 2.05) is 13.1 Å². The predicted molar refractivity (Wildman–Crippen MR) is 161 cm³/mol. The summed E-state index contributed by atoms with van der Waals surface area (Å²) in [5, 5.41) is 21.6. The quantitative estimate of drug-likeness (QED) is 0.337. The minimum Gasteiger partial charge on any atom is -0.406 e. The van der Waals surface area contributed by atoms with Crippen molar-refractivity contribution in [1.82, 2.24) is 25.4 Å². The average molecular weight is 634 g/mol. The van der Waals surface area contributed by atoms with Gasteiger partial charge in [-0.15, -0.1) is 23.4 Å². The van der Waals surface area contributed by atoms with Gasteiger partial charge in [0.05, 0.1) is 6.42 Å². The fourth-order valence-electron chi connectivity index (χ4n) is 4.91. The summed E-state index contributed by atoms with van der Waals surface area (Å²) >= 11 is 1.35. The van der Waals surface area contributed by atoms with Gasteiger partial charge >= 0.3 is 6.36 Å². The van der Waals surface area contributed by atoms with Gasteiger partial charge < -0.3 is 21.1 Å². The lowest BCUT2D eigenvalue weighted by Gasteiger charge is -2.40. The highest BCUT2D eigenvalue weighted by molar-refractivity contribution is 7.15. The van der Waals surface area contributed by atoms with E-state index in [0.29, 0.717) is 28.6 Å². The number of rotatable bonds is 10. The highest BCUT2D eigenvalue weighted by atomic mass is 32.1. The molecular formula is C28H34F3N9O3S. The number of nitrogens with zero attached hydrogens (tertiary/aromatic N) is 6. The number of hydrazone groups is 1. The molecule has 236 valence electrons. The van der Waals surface area contributed by atoms with E-state index >= 15 is 0 Å². The molecule has 3 heterocycles. The molecule has 1 aromatic carbocycles. The van der Waals surface area contributed by atoms with Gasteiger partial charge in [-0.2, -0.15) is 5.10 Å². The van der Waals surface area contributed by atoms with Gasteiger partial charge in [-0.25, -0.2) is 0 Å². The molecule has 0 saturated carbocycles. The number of piperidine rings is 1. The SMILES string of the molecule is CN=CC(=CN)CC(=O)Nc1nnc(C2CCCN(C3C=CC(NC(=O)CCc4cccc(OC(F)(F)F)c4)=NN3C)C2)s1. The van der Waals surface area contributed by atoms with E-state index in [2.05, 4.69) is 40.6 Å². The molecule has 4 N–H and O–H groups in total. The van der Waals surface area contributed by atoms with Crippen LogP contribution in [0.25, 0.3) is 0 Å². The number of aliphatic imine (C=N–C) groups is 1. The third-order valence-corrected chi connectivity index (χ3v) is 7.85. The summed E-state index contributed by atoms with van der Waals surface area (Å²) in [6.07, 6.45) is 3.91. The summed E-state index contributed by atoms with van der Waals surface area (Å²) in [6.45, 7) is 1.56. The van der Waals surface area contributed by atoms with E-state index in [0.717, 1.165) is 24.4 Å². The first-order valence-electron chi connectivity index (χ1n) is 13.9. The molecule has 0 aliphatic carbocycles. The van der Waals surface area contributed by atoms with Crippen molar-refractivity contribution in [2.24, 2.45) is 15.8 Å². The number of carbonyl (C=O) groups excluding carboxylic acids is 2. The van der Waals surface area contributed by atoms with Gasteiger partial charge in [-0.05, 0) is 60.9 Å². The molecule has 44 heavy (non-hydrogen) atoms. The molecule has 4 rings (SSSR count). The zero-order chi connectivity index (χ0) is 31.7. The molecule has 2 aliphatic rings. The lowest BCUT2D eigenvalue weighted by Crippen LogP contribution is -2.49. The van der Waals surface area contributed by atoms with Crippen LogP contribution in [0.1, 0.15) is 42.2 Å². The molecule has 1 saturated heterocycles. The summed E-state index contributed by atoms with van der Waals surface area (Å²) < 4.78 is 41.4. The van der Waals surface area contributed by atoms with Crippen LogP contribution in [0.2, 0.25) is 0 Å². The number of amidine groups is 1. The summed E-state index contributed by atoms with van der Waals surface area (Å²) in [5.41, 5.74) is 6.68. The standard InChI is InChI=1S/C28H34F3N9O3S/c1-33-16-19(15-32)14-24(42)35-27-37-36-26(44-27)20-6-4-12-40(17-20)25-11-9-22(38-39(25)2)34-23(41)10-8-18-5-3-7-21(13-18)43-28(29,30)31/h3,5,7,9,11,13,15-16,20,25H,4,6,8,10,12,14,17,32H2,1-2H3,(H,34,38,41)(H,35,37,42). The number of alkyl halides is 3. The number of hydrogen-bond donors (Lipinski definition) is 3. The Balaban J connectivity index is 1.26. The Morgan fingerprint density at radius 2 is 2.07 bits per heavy atom. The van der Waals surface area contributed by atoms with Crippen LogP contribution < -0.4 is 21.1 Å². The summed E-state index contributed by atoms with van der Waals surface area (Å²) in [4.78, 5) is 31.0. The summed E-state index contributed by atoms with van der Waals surface area (Å²) in [6, 6.07) is 5.56. The van der Waals surface area contributed by atoms with Crippen molar-refractivity contribution in [2.45, 2.75) is 50.6 Å². The van der Waals surface area contributed by atoms with Gasteiger partial charge in [0, 0.05) is 45.7 Å². The van der Waals surface area contributed by atoms with E-state index in [1.54, 1.807) is 24.2 Å². The number of hydrogen-bond acceptors (Lipinski definition) is 11. The number of nitrogens with one attached hydrogen (secondary N) is 2. The van der Waals surface area contributed by atoms with Crippen molar-refractivity contribution >= 4 is 40.3 Å². The average Bonchev–Trinajstić information content (AvgIpc) is 3.43. The van der Waals surface area contributed by atoms with Crippen LogP contribution in [-0.2, 0) is 16.0 Å². The fraction of sp³-hybridized carbons (Fsp3) is 0.429. The number of nitrogens with two attached hydrogens (primary N) is 1. The minimum atomic E-state index is -4.78. The third-order valence-electron chi connectivity index (χ3n) is 6.85. The van der Waals surface area contributed by atoms with Crippen LogP contribution in [0.15, 0.2) is 58.3 Å². The van der Waals surface area contributed by atoms with Gasteiger partial charge in [0.2, 0.25) is 16.9 Å². The molecule has 0 radical (unpaired) electrons. The Morgan fingerprint density at radius 3 is 2.80 bits per heavy atom. The molecule has 0 bridgehead atoms.